The quantitative estimate of drug-likeness (QED) is 0.331. The Morgan fingerprint density at radius 1 is 0.846 bits per heavy atom. The third-order valence-corrected chi connectivity index (χ3v) is 1.59. The summed E-state index contributed by atoms with van der Waals surface area (Å²) >= 11 is 0. The number of carbonyl (C=O) groups is 4. The van der Waals surface area contributed by atoms with Crippen LogP contribution < -0.4 is 134 Å². The van der Waals surface area contributed by atoms with Crippen molar-refractivity contribution in [3.05, 3.63) is 0 Å². The number of carbonyl (C=O) groups excluding carboxylic acids is 4. The molecule has 0 radical (unpaired) electrons. The molecule has 0 rings (SSSR count). The molecule has 1 unspecified atom stereocenters. The number of aliphatic carboxylic acids is 4. The fourth-order valence-electron chi connectivity index (χ4n) is 0.684. The predicted molar refractivity (Wildman–Crippen MR) is 57.4 cm³/mol. The predicted octanol–water partition coefficient (Wildman–Crippen LogP) is -22.9. The fourth-order valence-corrected chi connectivity index (χ4v) is 0.684. The summed E-state index contributed by atoms with van der Waals surface area (Å²) in [5.74, 6) is -7.42. The van der Waals surface area contributed by atoms with Gasteiger partial charge in [0, 0.05) is 24.8 Å². The van der Waals surface area contributed by atoms with Crippen LogP contribution in [-0.4, -0.2) is 121 Å². The standard InChI is InChI=1S/C6H8O7.C3H6O3.2Ca.2ClH.3Na/c7-3(8)1-6(13,5(11)12)2-4(9)10;1-2(4)3(5)6;;;;;;;/h13H,1-2H2,(H,7,8)(H,9,10)(H,11,12);2,4H,1H3,(H,5,6);;;2*1H;;;/q;;2*+2;;;3*+1/p-6. The first-order chi connectivity index (χ1) is 8.42. The molecule has 0 saturated carbocycles. The van der Waals surface area contributed by atoms with Gasteiger partial charge in [0.25, 0.3) is 0 Å². The van der Waals surface area contributed by atoms with Crippen LogP contribution in [0.4, 0.5) is 0 Å². The first kappa shape index (κ1) is 57.2. The molecule has 0 aliphatic rings. The first-order valence-electron chi connectivity index (χ1n) is 4.65. The average molecular weight is 498 g/mol. The van der Waals surface area contributed by atoms with E-state index in [1.54, 1.807) is 0 Å². The number of hydrogen-bond acceptors (Lipinski definition) is 10. The molecule has 0 aliphatic heterocycles. The van der Waals surface area contributed by atoms with Crippen molar-refractivity contribution >= 4 is 99.4 Å². The molecule has 0 spiro atoms. The molecule has 126 valence electrons. The van der Waals surface area contributed by atoms with E-state index in [1.165, 1.54) is 0 Å². The summed E-state index contributed by atoms with van der Waals surface area (Å²) in [6.07, 6.45) is -4.06. The monoisotopic (exact) mass is 497 g/mol. The van der Waals surface area contributed by atoms with Crippen molar-refractivity contribution in [2.75, 3.05) is 0 Å². The Labute approximate surface area is 288 Å². The van der Waals surface area contributed by atoms with Gasteiger partial charge in [-0.25, -0.2) is 0 Å². The van der Waals surface area contributed by atoms with Crippen molar-refractivity contribution in [2.45, 2.75) is 31.5 Å². The van der Waals surface area contributed by atoms with Gasteiger partial charge in [0.15, 0.2) is 0 Å². The zero-order valence-corrected chi connectivity index (χ0v) is 26.8. The van der Waals surface area contributed by atoms with Gasteiger partial charge in [0.1, 0.15) is 5.60 Å². The zero-order valence-electron chi connectivity index (χ0n) is 14.8. The Bertz CT molecular complexity index is 375. The summed E-state index contributed by atoms with van der Waals surface area (Å²) in [7, 11) is 0. The maximum absolute atomic E-state index is 10.1. The topological polar surface area (TPSA) is 201 Å². The minimum Gasteiger partial charge on any atom is -1.00 e. The van der Waals surface area contributed by atoms with Gasteiger partial charge in [0.2, 0.25) is 0 Å². The van der Waals surface area contributed by atoms with Crippen molar-refractivity contribution in [3.8, 4) is 0 Å². The second kappa shape index (κ2) is 31.1. The molecule has 0 aromatic carbocycles. The minimum absolute atomic E-state index is 0. The second-order valence-corrected chi connectivity index (χ2v) is 3.41. The molecule has 0 aromatic rings. The van der Waals surface area contributed by atoms with Gasteiger partial charge in [0.05, 0.1) is 18.0 Å². The number of halogens is 2. The summed E-state index contributed by atoms with van der Waals surface area (Å²) in [5, 5.41) is 56.2. The molecule has 1 atom stereocenters. The summed E-state index contributed by atoms with van der Waals surface area (Å²) in [6.45, 7) is 1.13. The Morgan fingerprint density at radius 3 is 1.12 bits per heavy atom. The van der Waals surface area contributed by atoms with E-state index in [1.807, 2.05) is 0 Å². The summed E-state index contributed by atoms with van der Waals surface area (Å²) in [5.41, 5.74) is -2.97. The maximum Gasteiger partial charge on any atom is 2.00 e. The van der Waals surface area contributed by atoms with Crippen LogP contribution in [0, 0.1) is 0 Å². The van der Waals surface area contributed by atoms with E-state index in [-0.39, 0.29) is 189 Å². The molecule has 2 N–H and O–H groups in total. The number of carboxylic acids is 4. The van der Waals surface area contributed by atoms with E-state index in [4.69, 9.17) is 10.2 Å². The molecule has 0 aliphatic carbocycles. The molecule has 0 heterocycles. The molecule has 0 saturated heterocycles. The van der Waals surface area contributed by atoms with E-state index >= 15 is 0 Å². The van der Waals surface area contributed by atoms with Crippen LogP contribution in [0.25, 0.3) is 0 Å². The van der Waals surface area contributed by atoms with Crippen molar-refractivity contribution < 1.29 is 163 Å². The van der Waals surface area contributed by atoms with Gasteiger partial charge < -0.3 is 74.6 Å². The number of carboxylic acid groups (broad SMARTS) is 4. The van der Waals surface area contributed by atoms with Gasteiger partial charge in [-0.3, -0.25) is 0 Å². The van der Waals surface area contributed by atoms with Gasteiger partial charge in [-0.2, -0.15) is 0 Å². The van der Waals surface area contributed by atoms with Crippen LogP contribution in [0.15, 0.2) is 0 Å². The van der Waals surface area contributed by atoms with Gasteiger partial charge >= 0.3 is 164 Å². The van der Waals surface area contributed by atoms with E-state index in [9.17, 15) is 39.6 Å². The Kier molecular flexibility index (Phi) is 68.4. The molecule has 26 heavy (non-hydrogen) atoms. The van der Waals surface area contributed by atoms with Crippen LogP contribution >= 0.6 is 0 Å². The largest absolute Gasteiger partial charge is 2.00 e. The molecule has 10 nitrogen and oxygen atoms in total. The van der Waals surface area contributed by atoms with Crippen LogP contribution in [-0.2, 0) is 19.2 Å². The van der Waals surface area contributed by atoms with Crippen molar-refractivity contribution in [1.29, 1.82) is 0 Å². The molecular formula is C9H10Ca2Cl2Na3O10+. The molecule has 0 bridgehead atoms. The first-order valence-corrected chi connectivity index (χ1v) is 4.65. The second-order valence-electron chi connectivity index (χ2n) is 3.41. The Balaban J connectivity index is -0.0000000285. The van der Waals surface area contributed by atoms with Crippen LogP contribution in [0.2, 0.25) is 0 Å². The Morgan fingerprint density at radius 2 is 1.04 bits per heavy atom. The van der Waals surface area contributed by atoms with E-state index < -0.39 is 48.4 Å². The average Bonchev–Trinajstić information content (AvgIpc) is 2.14. The number of aliphatic hydroxyl groups is 2. The SMILES string of the molecule is CC(O)C(=O)[O-].O=C([O-])CC(O)(CC(=O)[O-])C(=O)[O-].[Ca+2].[Ca+2].[Cl-].[Cl-].[Na+].[Na+].[Na+]. The van der Waals surface area contributed by atoms with Gasteiger partial charge in [-0.1, -0.05) is 0 Å². The van der Waals surface area contributed by atoms with E-state index in [0.29, 0.717) is 0 Å². The maximum atomic E-state index is 10.1. The van der Waals surface area contributed by atoms with Gasteiger partial charge in [-0.15, -0.1) is 0 Å². The van der Waals surface area contributed by atoms with Gasteiger partial charge in [-0.05, 0) is 6.92 Å². The fraction of sp³-hybridized carbons (Fsp3) is 0.556. The van der Waals surface area contributed by atoms with Crippen LogP contribution in [0.1, 0.15) is 19.8 Å². The summed E-state index contributed by atoms with van der Waals surface area (Å²) in [4.78, 5) is 39.3. The molecule has 0 fully saturated rings. The number of aliphatic hydroxyl groups excluding tert-OH is 1. The van der Waals surface area contributed by atoms with Crippen molar-refractivity contribution in [3.63, 3.8) is 0 Å². The summed E-state index contributed by atoms with van der Waals surface area (Å²) in [6, 6.07) is 0. The third-order valence-electron chi connectivity index (χ3n) is 1.59. The number of rotatable bonds is 6. The molecule has 0 aromatic heterocycles. The zero-order chi connectivity index (χ0) is 15.8. The molecule has 17 heteroatoms. The number of hydrogen-bond donors (Lipinski definition) is 2. The summed E-state index contributed by atoms with van der Waals surface area (Å²) < 4.78 is 0. The van der Waals surface area contributed by atoms with Crippen molar-refractivity contribution in [1.82, 2.24) is 0 Å². The molecular weight excluding hydrogens is 488 g/mol. The van der Waals surface area contributed by atoms with E-state index in [0.717, 1.165) is 6.92 Å². The van der Waals surface area contributed by atoms with Crippen LogP contribution in [0.5, 0.6) is 0 Å². The van der Waals surface area contributed by atoms with Crippen LogP contribution in [0.3, 0.4) is 0 Å². The molecule has 0 amide bonds. The minimum atomic E-state index is -2.97. The normalized spacial score (nSPS) is 8.58. The Hall–Kier alpha value is 3.90. The van der Waals surface area contributed by atoms with Crippen molar-refractivity contribution in [2.24, 2.45) is 0 Å². The third kappa shape index (κ3) is 35.3. The smallest absolute Gasteiger partial charge is 1.00 e. The van der Waals surface area contributed by atoms with E-state index in [2.05, 4.69) is 0 Å².